The van der Waals surface area contributed by atoms with Crippen molar-refractivity contribution in [2.24, 2.45) is 5.92 Å². The van der Waals surface area contributed by atoms with Crippen LogP contribution in [0.25, 0.3) is 0 Å². The average molecular weight is 270 g/mol. The molecule has 0 radical (unpaired) electrons. The zero-order valence-corrected chi connectivity index (χ0v) is 12.3. The summed E-state index contributed by atoms with van der Waals surface area (Å²) in [5, 5.41) is 3.19. The van der Waals surface area contributed by atoms with E-state index in [0.717, 1.165) is 32.2 Å². The van der Waals surface area contributed by atoms with E-state index < -0.39 is 0 Å². The van der Waals surface area contributed by atoms with Gasteiger partial charge in [-0.1, -0.05) is 26.7 Å². The Bertz CT molecular complexity index is 297. The lowest BCUT2D eigenvalue weighted by Crippen LogP contribution is -2.47. The van der Waals surface area contributed by atoms with Gasteiger partial charge in [0.15, 0.2) is 0 Å². The Morgan fingerprint density at radius 3 is 2.53 bits per heavy atom. The topological polar surface area (TPSA) is 58.6 Å². The third-order valence-corrected chi connectivity index (χ3v) is 3.85. The number of nitrogens with one attached hydrogen (secondary N) is 1. The van der Waals surface area contributed by atoms with Gasteiger partial charge < -0.3 is 15.0 Å². The van der Waals surface area contributed by atoms with Crippen LogP contribution < -0.4 is 5.32 Å². The fourth-order valence-corrected chi connectivity index (χ4v) is 2.43. The van der Waals surface area contributed by atoms with Crippen LogP contribution in [0.5, 0.6) is 0 Å². The molecule has 110 valence electrons. The van der Waals surface area contributed by atoms with Gasteiger partial charge in [-0.2, -0.15) is 0 Å². The van der Waals surface area contributed by atoms with Crippen molar-refractivity contribution in [2.75, 3.05) is 26.7 Å². The fourth-order valence-electron chi connectivity index (χ4n) is 2.43. The van der Waals surface area contributed by atoms with E-state index in [9.17, 15) is 9.59 Å². The molecule has 0 aromatic carbocycles. The summed E-state index contributed by atoms with van der Waals surface area (Å²) in [5.74, 6) is 0.127. The second kappa shape index (κ2) is 8.15. The number of nitrogens with zero attached hydrogens (tertiary/aromatic N) is 1. The highest BCUT2D eigenvalue weighted by molar-refractivity contribution is 5.86. The number of hydrogen-bond acceptors (Lipinski definition) is 4. The number of carbonyl (C=O) groups is 2. The lowest BCUT2D eigenvalue weighted by atomic mass is 10.0. The average Bonchev–Trinajstić information content (AvgIpc) is 2.96. The van der Waals surface area contributed by atoms with Crippen LogP contribution in [0.4, 0.5) is 0 Å². The van der Waals surface area contributed by atoms with E-state index in [-0.39, 0.29) is 24.5 Å². The molecule has 0 spiro atoms. The van der Waals surface area contributed by atoms with Gasteiger partial charge in [-0.3, -0.25) is 9.59 Å². The van der Waals surface area contributed by atoms with Gasteiger partial charge in [-0.05, 0) is 25.3 Å². The molecule has 1 unspecified atom stereocenters. The van der Waals surface area contributed by atoms with E-state index in [2.05, 4.69) is 23.9 Å². The third-order valence-electron chi connectivity index (χ3n) is 3.85. The fraction of sp³-hybridized carbons (Fsp3) is 0.857. The molecular formula is C14H26N2O3. The van der Waals surface area contributed by atoms with E-state index >= 15 is 0 Å². The molecule has 19 heavy (non-hydrogen) atoms. The van der Waals surface area contributed by atoms with Crippen molar-refractivity contribution in [3.05, 3.63) is 0 Å². The molecule has 1 heterocycles. The molecule has 0 bridgehead atoms. The summed E-state index contributed by atoms with van der Waals surface area (Å²) >= 11 is 0. The van der Waals surface area contributed by atoms with E-state index in [1.807, 2.05) is 0 Å². The third kappa shape index (κ3) is 4.82. The predicted octanol–water partition coefficient (Wildman–Crippen LogP) is 1.18. The van der Waals surface area contributed by atoms with Crippen LogP contribution in [-0.2, 0) is 14.3 Å². The van der Waals surface area contributed by atoms with Crippen molar-refractivity contribution < 1.29 is 14.3 Å². The Labute approximate surface area is 115 Å². The van der Waals surface area contributed by atoms with Gasteiger partial charge in [-0.25, -0.2) is 0 Å². The minimum atomic E-state index is -0.350. The highest BCUT2D eigenvalue weighted by Crippen LogP contribution is 2.14. The highest BCUT2D eigenvalue weighted by atomic mass is 16.5. The second-order valence-electron chi connectivity index (χ2n) is 5.13. The molecule has 1 N–H and O–H groups in total. The molecule has 0 aromatic rings. The first-order valence-corrected chi connectivity index (χ1v) is 7.21. The van der Waals surface area contributed by atoms with Crippen molar-refractivity contribution in [1.29, 1.82) is 0 Å². The van der Waals surface area contributed by atoms with Crippen molar-refractivity contribution >= 4 is 11.9 Å². The SMILES string of the molecule is CCC(CC)CN(CC(=O)OC)C(=O)C1CCCN1. The lowest BCUT2D eigenvalue weighted by Gasteiger charge is -2.28. The summed E-state index contributed by atoms with van der Waals surface area (Å²) in [6.07, 6.45) is 3.91. The van der Waals surface area contributed by atoms with Gasteiger partial charge in [-0.15, -0.1) is 0 Å². The maximum absolute atomic E-state index is 12.4. The molecular weight excluding hydrogens is 244 g/mol. The minimum absolute atomic E-state index is 0.0369. The van der Waals surface area contributed by atoms with E-state index in [1.165, 1.54) is 7.11 Å². The normalized spacial score (nSPS) is 18.6. The van der Waals surface area contributed by atoms with Gasteiger partial charge in [0, 0.05) is 6.54 Å². The van der Waals surface area contributed by atoms with Gasteiger partial charge >= 0.3 is 5.97 Å². The highest BCUT2D eigenvalue weighted by Gasteiger charge is 2.29. The molecule has 1 fully saturated rings. The Kier molecular flexibility index (Phi) is 6.84. The number of carbonyl (C=O) groups excluding carboxylic acids is 2. The number of esters is 1. The van der Waals surface area contributed by atoms with Crippen LogP contribution >= 0.6 is 0 Å². The predicted molar refractivity (Wildman–Crippen MR) is 73.7 cm³/mol. The van der Waals surface area contributed by atoms with Crippen molar-refractivity contribution in [1.82, 2.24) is 10.2 Å². The van der Waals surface area contributed by atoms with E-state index in [1.54, 1.807) is 4.90 Å². The molecule has 1 amide bonds. The van der Waals surface area contributed by atoms with Crippen molar-refractivity contribution in [3.63, 3.8) is 0 Å². The molecule has 1 saturated heterocycles. The molecule has 5 nitrogen and oxygen atoms in total. The van der Waals surface area contributed by atoms with Crippen LogP contribution in [0.15, 0.2) is 0 Å². The largest absolute Gasteiger partial charge is 0.468 e. The Hall–Kier alpha value is -1.10. The Morgan fingerprint density at radius 2 is 2.05 bits per heavy atom. The van der Waals surface area contributed by atoms with Gasteiger partial charge in [0.1, 0.15) is 6.54 Å². The smallest absolute Gasteiger partial charge is 0.325 e. The van der Waals surface area contributed by atoms with Crippen molar-refractivity contribution in [2.45, 2.75) is 45.6 Å². The second-order valence-corrected chi connectivity index (χ2v) is 5.13. The standard InChI is InChI=1S/C14H26N2O3/c1-4-11(5-2)9-16(10-13(17)19-3)14(18)12-7-6-8-15-12/h11-12,15H,4-10H2,1-3H3. The van der Waals surface area contributed by atoms with Crippen LogP contribution in [-0.4, -0.2) is 49.6 Å². The molecule has 0 aromatic heterocycles. The molecule has 1 atom stereocenters. The van der Waals surface area contributed by atoms with E-state index in [0.29, 0.717) is 12.5 Å². The number of rotatable bonds is 7. The zero-order chi connectivity index (χ0) is 14.3. The quantitative estimate of drug-likeness (QED) is 0.706. The number of methoxy groups -OCH3 is 1. The zero-order valence-electron chi connectivity index (χ0n) is 12.3. The summed E-state index contributed by atoms with van der Waals surface area (Å²) in [6.45, 7) is 5.81. The molecule has 0 saturated carbocycles. The Morgan fingerprint density at radius 1 is 1.37 bits per heavy atom. The Balaban J connectivity index is 2.66. The summed E-state index contributed by atoms with van der Waals surface area (Å²) in [7, 11) is 1.36. The molecule has 0 aliphatic carbocycles. The number of ether oxygens (including phenoxy) is 1. The summed E-state index contributed by atoms with van der Waals surface area (Å²) in [6, 6.07) is -0.126. The molecule has 1 aliphatic heterocycles. The first kappa shape index (κ1) is 16.0. The summed E-state index contributed by atoms with van der Waals surface area (Å²) < 4.78 is 4.69. The number of amides is 1. The van der Waals surface area contributed by atoms with E-state index in [4.69, 9.17) is 0 Å². The molecule has 1 rings (SSSR count). The van der Waals surface area contributed by atoms with Crippen molar-refractivity contribution in [3.8, 4) is 0 Å². The van der Waals surface area contributed by atoms with Crippen LogP contribution in [0, 0.1) is 5.92 Å². The molecule has 5 heteroatoms. The first-order chi connectivity index (χ1) is 9.12. The van der Waals surface area contributed by atoms with Gasteiger partial charge in [0.05, 0.1) is 13.2 Å². The monoisotopic (exact) mass is 270 g/mol. The first-order valence-electron chi connectivity index (χ1n) is 7.21. The van der Waals surface area contributed by atoms with Crippen LogP contribution in [0.1, 0.15) is 39.5 Å². The van der Waals surface area contributed by atoms with Crippen LogP contribution in [0.3, 0.4) is 0 Å². The number of hydrogen-bond donors (Lipinski definition) is 1. The summed E-state index contributed by atoms with van der Waals surface area (Å²) in [4.78, 5) is 25.5. The molecule has 1 aliphatic rings. The van der Waals surface area contributed by atoms with Gasteiger partial charge in [0.25, 0.3) is 0 Å². The van der Waals surface area contributed by atoms with Crippen LogP contribution in [0.2, 0.25) is 0 Å². The summed E-state index contributed by atoms with van der Waals surface area (Å²) in [5.41, 5.74) is 0. The maximum atomic E-state index is 12.4. The van der Waals surface area contributed by atoms with Gasteiger partial charge in [0.2, 0.25) is 5.91 Å². The maximum Gasteiger partial charge on any atom is 0.325 e. The lowest BCUT2D eigenvalue weighted by molar-refractivity contribution is -0.148. The minimum Gasteiger partial charge on any atom is -0.468 e.